The van der Waals surface area contributed by atoms with E-state index in [-0.39, 0.29) is 0 Å². The third kappa shape index (κ3) is 8.99. The van der Waals surface area contributed by atoms with E-state index in [1.807, 2.05) is 6.08 Å². The Hall–Kier alpha value is -0.760. The van der Waals surface area contributed by atoms with E-state index >= 15 is 0 Å². The third-order valence-corrected chi connectivity index (χ3v) is 3.21. The molecule has 100 valence electrons. The van der Waals surface area contributed by atoms with Crippen molar-refractivity contribution >= 4 is 0 Å². The van der Waals surface area contributed by atoms with E-state index < -0.39 is 0 Å². The number of nitrogens with two attached hydrogens (primary N) is 1. The molecule has 2 N–H and O–H groups in total. The van der Waals surface area contributed by atoms with Crippen LogP contribution in [0.1, 0.15) is 46.5 Å². The van der Waals surface area contributed by atoms with E-state index in [1.165, 1.54) is 0 Å². The van der Waals surface area contributed by atoms with Gasteiger partial charge in [-0.25, -0.2) is 0 Å². The molecule has 0 amide bonds. The van der Waals surface area contributed by atoms with Crippen molar-refractivity contribution in [2.24, 2.45) is 17.6 Å². The maximum absolute atomic E-state index is 5.65. The highest BCUT2D eigenvalue weighted by molar-refractivity contribution is 5.07. The van der Waals surface area contributed by atoms with Crippen molar-refractivity contribution in [2.45, 2.75) is 46.5 Å². The summed E-state index contributed by atoms with van der Waals surface area (Å²) < 4.78 is 5.55. The molecule has 0 aromatic carbocycles. The summed E-state index contributed by atoms with van der Waals surface area (Å²) in [5.74, 6) is 2.01. The van der Waals surface area contributed by atoms with Crippen LogP contribution < -0.4 is 5.73 Å². The Morgan fingerprint density at radius 3 is 2.59 bits per heavy atom. The highest BCUT2D eigenvalue weighted by atomic mass is 16.5. The van der Waals surface area contributed by atoms with E-state index in [9.17, 15) is 0 Å². The Labute approximate surface area is 107 Å². The van der Waals surface area contributed by atoms with Crippen LogP contribution in [0.3, 0.4) is 0 Å². The van der Waals surface area contributed by atoms with Crippen LogP contribution in [-0.4, -0.2) is 13.2 Å². The van der Waals surface area contributed by atoms with Crippen LogP contribution in [0, 0.1) is 11.8 Å². The molecule has 0 aromatic heterocycles. The van der Waals surface area contributed by atoms with Crippen molar-refractivity contribution in [1.82, 2.24) is 0 Å². The summed E-state index contributed by atoms with van der Waals surface area (Å²) >= 11 is 0. The van der Waals surface area contributed by atoms with E-state index in [2.05, 4.69) is 33.4 Å². The largest absolute Gasteiger partial charge is 0.494 e. The van der Waals surface area contributed by atoms with Crippen molar-refractivity contribution in [3.8, 4) is 0 Å². The fourth-order valence-electron chi connectivity index (χ4n) is 1.52. The van der Waals surface area contributed by atoms with Crippen LogP contribution in [0.5, 0.6) is 0 Å². The molecule has 0 aliphatic heterocycles. The van der Waals surface area contributed by atoms with Gasteiger partial charge in [-0.3, -0.25) is 0 Å². The number of allylic oxidation sites excluding steroid dienone is 2. The lowest BCUT2D eigenvalue weighted by molar-refractivity contribution is 0.211. The second kappa shape index (κ2) is 10.4. The van der Waals surface area contributed by atoms with Gasteiger partial charge in [0.1, 0.15) is 5.76 Å². The normalized spacial score (nSPS) is 14.8. The Bertz CT molecular complexity index is 219. The Kier molecular flexibility index (Phi) is 9.93. The first-order chi connectivity index (χ1) is 8.13. The van der Waals surface area contributed by atoms with Crippen LogP contribution >= 0.6 is 0 Å². The molecule has 2 nitrogen and oxygen atoms in total. The molecule has 2 atom stereocenters. The average Bonchev–Trinajstić information content (AvgIpc) is 2.36. The molecular weight excluding hydrogens is 210 g/mol. The van der Waals surface area contributed by atoms with E-state index in [0.717, 1.165) is 44.6 Å². The molecule has 17 heavy (non-hydrogen) atoms. The number of rotatable bonds is 10. The Morgan fingerprint density at radius 1 is 1.35 bits per heavy atom. The summed E-state index contributed by atoms with van der Waals surface area (Å²) in [6, 6.07) is 0. The van der Waals surface area contributed by atoms with Gasteiger partial charge in [-0.1, -0.05) is 46.3 Å². The SMILES string of the molecule is C=C(/C=C\C(C)CC)OCCCC(CC)CN. The predicted octanol–water partition coefficient (Wildman–Crippen LogP) is 3.88. The number of hydrogen-bond donors (Lipinski definition) is 1. The maximum atomic E-state index is 5.65. The zero-order valence-corrected chi connectivity index (χ0v) is 11.7. The van der Waals surface area contributed by atoms with Gasteiger partial charge in [0, 0.05) is 0 Å². The highest BCUT2D eigenvalue weighted by Gasteiger charge is 2.03. The van der Waals surface area contributed by atoms with Crippen LogP contribution in [0.15, 0.2) is 24.5 Å². The van der Waals surface area contributed by atoms with Crippen LogP contribution in [-0.2, 0) is 4.74 Å². The average molecular weight is 239 g/mol. The third-order valence-electron chi connectivity index (χ3n) is 3.21. The molecule has 0 aromatic rings. The minimum Gasteiger partial charge on any atom is -0.494 e. The topological polar surface area (TPSA) is 35.2 Å². The predicted molar refractivity (Wildman–Crippen MR) is 75.8 cm³/mol. The summed E-state index contributed by atoms with van der Waals surface area (Å²) in [7, 11) is 0. The maximum Gasteiger partial charge on any atom is 0.111 e. The lowest BCUT2D eigenvalue weighted by Gasteiger charge is -2.12. The molecule has 0 fully saturated rings. The van der Waals surface area contributed by atoms with Gasteiger partial charge >= 0.3 is 0 Å². The second-order valence-electron chi connectivity index (χ2n) is 4.71. The van der Waals surface area contributed by atoms with Crippen molar-refractivity contribution in [1.29, 1.82) is 0 Å². The van der Waals surface area contributed by atoms with Gasteiger partial charge in [0.25, 0.3) is 0 Å². The van der Waals surface area contributed by atoms with Crippen molar-refractivity contribution < 1.29 is 4.74 Å². The summed E-state index contributed by atoms with van der Waals surface area (Å²) in [6.07, 6.45) is 8.65. The van der Waals surface area contributed by atoms with Gasteiger partial charge in [-0.2, -0.15) is 0 Å². The van der Waals surface area contributed by atoms with Gasteiger partial charge in [0.15, 0.2) is 0 Å². The fraction of sp³-hybridized carbons (Fsp3) is 0.733. The standard InChI is InChI=1S/C15H29NO/c1-5-13(3)9-10-14(4)17-11-7-8-15(6-2)12-16/h9-10,13,15H,4-8,11-12,16H2,1-3H3/b10-9-. The summed E-state index contributed by atoms with van der Waals surface area (Å²) in [5.41, 5.74) is 5.65. The lowest BCUT2D eigenvalue weighted by Crippen LogP contribution is -2.13. The first-order valence-electron chi connectivity index (χ1n) is 6.83. The minimum atomic E-state index is 0.595. The van der Waals surface area contributed by atoms with Gasteiger partial charge in [-0.15, -0.1) is 0 Å². The van der Waals surface area contributed by atoms with Crippen molar-refractivity contribution in [3.63, 3.8) is 0 Å². The zero-order chi connectivity index (χ0) is 13.1. The van der Waals surface area contributed by atoms with E-state index in [0.29, 0.717) is 11.8 Å². The van der Waals surface area contributed by atoms with Crippen molar-refractivity contribution in [3.05, 3.63) is 24.5 Å². The molecular formula is C15H29NO. The highest BCUT2D eigenvalue weighted by Crippen LogP contribution is 2.10. The molecule has 0 saturated carbocycles. The number of hydrogen-bond acceptors (Lipinski definition) is 2. The molecule has 0 aliphatic carbocycles. The molecule has 2 unspecified atom stereocenters. The van der Waals surface area contributed by atoms with Gasteiger partial charge in [0.05, 0.1) is 6.61 Å². The monoisotopic (exact) mass is 239 g/mol. The molecule has 2 heteroatoms. The molecule has 0 saturated heterocycles. The zero-order valence-electron chi connectivity index (χ0n) is 11.7. The number of ether oxygens (including phenoxy) is 1. The minimum absolute atomic E-state index is 0.595. The molecule has 0 heterocycles. The van der Waals surface area contributed by atoms with E-state index in [4.69, 9.17) is 10.5 Å². The van der Waals surface area contributed by atoms with Crippen LogP contribution in [0.4, 0.5) is 0 Å². The quantitative estimate of drug-likeness (QED) is 0.357. The molecule has 0 rings (SSSR count). The van der Waals surface area contributed by atoms with Crippen molar-refractivity contribution in [2.75, 3.05) is 13.2 Å². The summed E-state index contributed by atoms with van der Waals surface area (Å²) in [6.45, 7) is 12.0. The molecule has 0 aliphatic rings. The first-order valence-corrected chi connectivity index (χ1v) is 6.83. The fourth-order valence-corrected chi connectivity index (χ4v) is 1.52. The van der Waals surface area contributed by atoms with Crippen LogP contribution in [0.25, 0.3) is 0 Å². The Balaban J connectivity index is 3.61. The smallest absolute Gasteiger partial charge is 0.111 e. The van der Waals surface area contributed by atoms with E-state index in [1.54, 1.807) is 0 Å². The van der Waals surface area contributed by atoms with Gasteiger partial charge < -0.3 is 10.5 Å². The second-order valence-corrected chi connectivity index (χ2v) is 4.71. The Morgan fingerprint density at radius 2 is 2.06 bits per heavy atom. The molecule has 0 bridgehead atoms. The lowest BCUT2D eigenvalue weighted by atomic mass is 10.0. The summed E-state index contributed by atoms with van der Waals surface area (Å²) in [4.78, 5) is 0. The molecule has 0 spiro atoms. The molecule has 0 radical (unpaired) electrons. The summed E-state index contributed by atoms with van der Waals surface area (Å²) in [5, 5.41) is 0. The first kappa shape index (κ1) is 16.2. The van der Waals surface area contributed by atoms with Gasteiger partial charge in [-0.05, 0) is 37.3 Å². The van der Waals surface area contributed by atoms with Gasteiger partial charge in [0.2, 0.25) is 0 Å². The van der Waals surface area contributed by atoms with Crippen LogP contribution in [0.2, 0.25) is 0 Å².